The molecule has 1 aromatic carbocycles. The van der Waals surface area contributed by atoms with E-state index >= 15 is 0 Å². The number of anilines is 1. The predicted molar refractivity (Wildman–Crippen MR) is 90.9 cm³/mol. The molecule has 2 saturated heterocycles. The number of carbonyl (C=O) groups excluding carboxylic acids is 1. The molecule has 22 heavy (non-hydrogen) atoms. The summed E-state index contributed by atoms with van der Waals surface area (Å²) in [7, 11) is -3.10. The number of sulfone groups is 1. The minimum Gasteiger partial charge on any atom is -0.314 e. The van der Waals surface area contributed by atoms with Gasteiger partial charge in [-0.05, 0) is 18.2 Å². The first-order valence-electron chi connectivity index (χ1n) is 6.47. The Morgan fingerprint density at radius 3 is 2.77 bits per heavy atom. The van der Waals surface area contributed by atoms with Crippen LogP contribution in [0.15, 0.2) is 23.2 Å². The van der Waals surface area contributed by atoms with Crippen LogP contribution in [0.25, 0.3) is 0 Å². The number of amides is 1. The first-order chi connectivity index (χ1) is 10.3. The third kappa shape index (κ3) is 2.99. The highest BCUT2D eigenvalue weighted by Crippen LogP contribution is 2.43. The number of benzene rings is 1. The summed E-state index contributed by atoms with van der Waals surface area (Å²) in [4.78, 5) is 17.1. The van der Waals surface area contributed by atoms with Crippen LogP contribution in [0.2, 0.25) is 10.0 Å². The van der Waals surface area contributed by atoms with Crippen LogP contribution in [-0.4, -0.2) is 42.3 Å². The Kier molecular flexibility index (Phi) is 4.18. The van der Waals surface area contributed by atoms with E-state index in [2.05, 4.69) is 4.99 Å². The second-order valence-corrected chi connectivity index (χ2v) is 9.38. The summed E-state index contributed by atoms with van der Waals surface area (Å²) < 4.78 is 23.8. The van der Waals surface area contributed by atoms with Gasteiger partial charge in [-0.2, -0.15) is 4.99 Å². The van der Waals surface area contributed by atoms with Crippen LogP contribution >= 0.6 is 35.0 Å². The van der Waals surface area contributed by atoms with Crippen molar-refractivity contribution in [1.29, 1.82) is 0 Å². The minimum atomic E-state index is -3.10. The van der Waals surface area contributed by atoms with Gasteiger partial charge < -0.3 is 4.90 Å². The second-order valence-electron chi connectivity index (χ2n) is 5.18. The molecule has 2 heterocycles. The fourth-order valence-electron chi connectivity index (χ4n) is 2.65. The maximum Gasteiger partial charge on any atom is 0.244 e. The van der Waals surface area contributed by atoms with Crippen molar-refractivity contribution in [3.05, 3.63) is 28.2 Å². The van der Waals surface area contributed by atoms with Gasteiger partial charge in [0, 0.05) is 17.2 Å². The lowest BCUT2D eigenvalue weighted by Gasteiger charge is -2.25. The lowest BCUT2D eigenvalue weighted by atomic mass is 10.2. The molecule has 2 unspecified atom stereocenters. The zero-order valence-corrected chi connectivity index (χ0v) is 14.6. The first kappa shape index (κ1) is 16.1. The van der Waals surface area contributed by atoms with Crippen molar-refractivity contribution in [1.82, 2.24) is 0 Å². The Morgan fingerprint density at radius 1 is 1.36 bits per heavy atom. The van der Waals surface area contributed by atoms with Crippen LogP contribution in [0.1, 0.15) is 6.92 Å². The average Bonchev–Trinajstić information content (AvgIpc) is 2.83. The summed E-state index contributed by atoms with van der Waals surface area (Å²) in [5, 5.41) is 1.24. The van der Waals surface area contributed by atoms with Crippen molar-refractivity contribution in [3.8, 4) is 0 Å². The third-order valence-corrected chi connectivity index (χ3v) is 7.25. The Morgan fingerprint density at radius 2 is 2.09 bits per heavy atom. The van der Waals surface area contributed by atoms with E-state index in [9.17, 15) is 13.2 Å². The van der Waals surface area contributed by atoms with E-state index in [1.54, 1.807) is 23.1 Å². The van der Waals surface area contributed by atoms with Gasteiger partial charge in [0.1, 0.15) is 0 Å². The van der Waals surface area contributed by atoms with Gasteiger partial charge in [-0.15, -0.1) is 0 Å². The molecule has 2 fully saturated rings. The Bertz CT molecular complexity index is 779. The molecule has 0 radical (unpaired) electrons. The van der Waals surface area contributed by atoms with E-state index in [0.29, 0.717) is 20.9 Å². The quantitative estimate of drug-likeness (QED) is 0.751. The molecule has 1 aromatic rings. The average molecular weight is 379 g/mol. The number of nitrogens with zero attached hydrogens (tertiary/aromatic N) is 2. The summed E-state index contributed by atoms with van der Waals surface area (Å²) in [5.41, 5.74) is 0.575. The summed E-state index contributed by atoms with van der Waals surface area (Å²) in [6.45, 7) is 1.36. The van der Waals surface area contributed by atoms with Gasteiger partial charge in [-0.1, -0.05) is 35.0 Å². The van der Waals surface area contributed by atoms with E-state index in [-0.39, 0.29) is 28.7 Å². The molecule has 9 heteroatoms. The topological polar surface area (TPSA) is 66.8 Å². The second kappa shape index (κ2) is 5.70. The molecule has 0 aliphatic carbocycles. The van der Waals surface area contributed by atoms with Crippen LogP contribution in [0.3, 0.4) is 0 Å². The number of rotatable bonds is 1. The highest BCUT2D eigenvalue weighted by Gasteiger charge is 2.49. The maximum absolute atomic E-state index is 11.9. The van der Waals surface area contributed by atoms with E-state index in [1.807, 2.05) is 0 Å². The molecule has 118 valence electrons. The highest BCUT2D eigenvalue weighted by atomic mass is 35.5. The van der Waals surface area contributed by atoms with Gasteiger partial charge in [-0.25, -0.2) is 8.42 Å². The zero-order valence-electron chi connectivity index (χ0n) is 11.5. The van der Waals surface area contributed by atoms with E-state index in [4.69, 9.17) is 23.2 Å². The van der Waals surface area contributed by atoms with E-state index in [0.717, 1.165) is 0 Å². The van der Waals surface area contributed by atoms with Crippen LogP contribution in [-0.2, 0) is 14.6 Å². The van der Waals surface area contributed by atoms with Crippen molar-refractivity contribution >= 4 is 61.6 Å². The molecule has 2 atom stereocenters. The Labute approximate surface area is 142 Å². The summed E-state index contributed by atoms with van der Waals surface area (Å²) in [6.07, 6.45) is 0. The van der Waals surface area contributed by atoms with Gasteiger partial charge in [0.15, 0.2) is 15.0 Å². The fourth-order valence-corrected chi connectivity index (χ4v) is 6.98. The van der Waals surface area contributed by atoms with Gasteiger partial charge in [0.25, 0.3) is 0 Å². The molecule has 3 rings (SSSR count). The highest BCUT2D eigenvalue weighted by molar-refractivity contribution is 8.16. The van der Waals surface area contributed by atoms with Crippen LogP contribution in [0.4, 0.5) is 5.69 Å². The van der Waals surface area contributed by atoms with Crippen molar-refractivity contribution in [2.75, 3.05) is 16.4 Å². The van der Waals surface area contributed by atoms with Gasteiger partial charge in [-0.3, -0.25) is 4.79 Å². The monoisotopic (exact) mass is 378 g/mol. The number of hydrogen-bond donors (Lipinski definition) is 0. The largest absolute Gasteiger partial charge is 0.314 e. The fraction of sp³-hybridized carbons (Fsp3) is 0.385. The van der Waals surface area contributed by atoms with Crippen molar-refractivity contribution in [2.45, 2.75) is 18.2 Å². The number of carbonyl (C=O) groups is 1. The molecule has 0 N–H and O–H groups in total. The summed E-state index contributed by atoms with van der Waals surface area (Å²) in [6, 6.07) is 4.67. The summed E-state index contributed by atoms with van der Waals surface area (Å²) in [5.74, 6) is -0.244. The maximum atomic E-state index is 11.9. The zero-order chi connectivity index (χ0) is 16.1. The van der Waals surface area contributed by atoms with Gasteiger partial charge in [0.05, 0.1) is 28.3 Å². The molecule has 0 aromatic heterocycles. The van der Waals surface area contributed by atoms with Crippen LogP contribution < -0.4 is 4.90 Å². The standard InChI is InChI=1S/C13H12Cl2N2O3S2/c1-7(18)16-13-17(10-4-8(14)2-3-9(10)15)11-5-22(19,20)6-12(11)21-13/h2-4,11-12H,5-6H2,1H3. The predicted octanol–water partition coefficient (Wildman–Crippen LogP) is 2.61. The Hall–Kier alpha value is -0.760. The Balaban J connectivity index is 2.10. The lowest BCUT2D eigenvalue weighted by molar-refractivity contribution is -0.115. The molecule has 0 bridgehead atoms. The molecule has 2 aliphatic rings. The molecule has 1 amide bonds. The van der Waals surface area contributed by atoms with Crippen molar-refractivity contribution in [2.24, 2.45) is 4.99 Å². The summed E-state index contributed by atoms with van der Waals surface area (Å²) >= 11 is 13.6. The third-order valence-electron chi connectivity index (χ3n) is 3.49. The molecule has 0 saturated carbocycles. The number of thioether (sulfide) groups is 1. The smallest absolute Gasteiger partial charge is 0.244 e. The van der Waals surface area contributed by atoms with Gasteiger partial charge in [0.2, 0.25) is 5.91 Å². The molecular weight excluding hydrogens is 367 g/mol. The van der Waals surface area contributed by atoms with Crippen molar-refractivity contribution < 1.29 is 13.2 Å². The van der Waals surface area contributed by atoms with E-state index in [1.165, 1.54) is 18.7 Å². The first-order valence-corrected chi connectivity index (χ1v) is 9.93. The SMILES string of the molecule is CC(=O)N=C1SC2CS(=O)(=O)CC2N1c1cc(Cl)ccc1Cl. The molecule has 5 nitrogen and oxygen atoms in total. The molecular formula is C13H12Cl2N2O3S2. The number of fused-ring (bicyclic) bond motifs is 1. The van der Waals surface area contributed by atoms with Crippen molar-refractivity contribution in [3.63, 3.8) is 0 Å². The minimum absolute atomic E-state index is 0.0183. The number of aliphatic imine (C=N–C) groups is 1. The van der Waals surface area contributed by atoms with Crippen LogP contribution in [0, 0.1) is 0 Å². The van der Waals surface area contributed by atoms with E-state index < -0.39 is 9.84 Å². The number of halogens is 2. The molecule has 2 aliphatic heterocycles. The van der Waals surface area contributed by atoms with Crippen LogP contribution in [0.5, 0.6) is 0 Å². The number of hydrogen-bond acceptors (Lipinski definition) is 4. The normalized spacial score (nSPS) is 28.1. The molecule has 0 spiro atoms. The van der Waals surface area contributed by atoms with Gasteiger partial charge >= 0.3 is 0 Å². The number of amidine groups is 1. The lowest BCUT2D eigenvalue weighted by Crippen LogP contribution is -2.37.